The Morgan fingerprint density at radius 1 is 0.472 bits per heavy atom. The Hall–Kier alpha value is -6.85. The van der Waals surface area contributed by atoms with Crippen LogP contribution >= 0.6 is 0 Å². The van der Waals surface area contributed by atoms with E-state index in [9.17, 15) is 5.48 Å². The number of hydrogen-bond donors (Lipinski definition) is 0. The topological polar surface area (TPSA) is 48.5 Å². The number of benzene rings is 7. The molecule has 7 aromatic carbocycles. The first-order chi connectivity index (χ1) is 31.0. The molecule has 0 atom stereocenters. The maximum atomic E-state index is 9.57. The number of nitrogens with zero attached hydrogens (tertiary/aromatic N) is 5. The summed E-state index contributed by atoms with van der Waals surface area (Å²) in [6.45, 7) is 4.35. The van der Waals surface area contributed by atoms with Gasteiger partial charge in [0.05, 0.1) is 38.5 Å². The van der Waals surface area contributed by atoms with Gasteiger partial charge in [-0.05, 0) is 76.7 Å². The Morgan fingerprint density at radius 2 is 1.04 bits per heavy atom. The fourth-order valence-corrected chi connectivity index (χ4v) is 7.88. The molecule has 0 saturated carbocycles. The summed E-state index contributed by atoms with van der Waals surface area (Å²) in [6.07, 6.45) is 0. The van der Waals surface area contributed by atoms with Crippen molar-refractivity contribution in [1.29, 1.82) is 0 Å². The zero-order chi connectivity index (χ0) is 45.7. The van der Waals surface area contributed by atoms with Crippen molar-refractivity contribution in [3.05, 3.63) is 175 Å². The maximum absolute atomic E-state index is 9.57. The van der Waals surface area contributed by atoms with E-state index in [1.807, 2.05) is 83.4 Å². The van der Waals surface area contributed by atoms with Crippen LogP contribution in [0.5, 0.6) is 0 Å². The van der Waals surface area contributed by atoms with E-state index in [2.05, 4.69) is 26.0 Å². The van der Waals surface area contributed by atoms with Gasteiger partial charge in [-0.3, -0.25) is 4.57 Å². The first-order valence-corrected chi connectivity index (χ1v) is 17.2. The molecule has 0 N–H and O–H groups in total. The molecule has 0 radical (unpaired) electrons. The van der Waals surface area contributed by atoms with Crippen molar-refractivity contribution in [3.63, 3.8) is 0 Å². The van der Waals surface area contributed by atoms with Crippen LogP contribution in [-0.2, 0) is 5.41 Å². The zero-order valence-corrected chi connectivity index (χ0v) is 28.4. The van der Waals surface area contributed by atoms with Gasteiger partial charge in [-0.1, -0.05) is 123 Å². The van der Waals surface area contributed by atoms with Gasteiger partial charge in [0, 0.05) is 43.8 Å². The summed E-state index contributed by atoms with van der Waals surface area (Å²) in [4.78, 5) is 14.9. The molecule has 1 aliphatic rings. The molecule has 0 bridgehead atoms. The molecule has 0 amide bonds. The van der Waals surface area contributed by atoms with Crippen molar-refractivity contribution in [1.82, 2.24) is 24.1 Å². The van der Waals surface area contributed by atoms with Gasteiger partial charge >= 0.3 is 0 Å². The van der Waals surface area contributed by atoms with Gasteiger partial charge in [0.2, 0.25) is 5.95 Å². The van der Waals surface area contributed by atoms with E-state index in [1.54, 1.807) is 0 Å². The lowest BCUT2D eigenvalue weighted by Crippen LogP contribution is -2.14. The highest BCUT2D eigenvalue weighted by Gasteiger charge is 2.35. The standard InChI is InChI=1S/C48H33N5/c1-48(2)39-18-8-3-13-33(39)38-29-31(25-28-40(38)48)46-49-45(50-47(51-46)53-43-21-11-6-16-36(43)37-17-7-12-22-44(37)53)30-23-26-32(27-24-30)52-41-19-9-4-14-34(41)35-15-5-10-20-42(35)52/h3-29H,1-2H3/i4D,5D,9D,10D,14D,15D,19D,20D,23D,24D,26D,27D. The average molecular weight is 692 g/mol. The SMILES string of the molecule is [2H]c1c([2H])c(-n2c3c([2H])c([2H])c([2H])c([2H])c3c3c([2H])c([2H])c([2H])c([2H])c32)c([2H])c([2H])c1-c1nc(-c2ccc3c(c2)-c2ccccc2C3(C)C)nc(-n2c3ccccc3c3ccccc32)n1. The van der Waals surface area contributed by atoms with E-state index in [0.29, 0.717) is 5.56 Å². The lowest BCUT2D eigenvalue weighted by atomic mass is 9.82. The summed E-state index contributed by atoms with van der Waals surface area (Å²) in [5.41, 5.74) is 4.81. The molecule has 0 saturated heterocycles. The predicted octanol–water partition coefficient (Wildman–Crippen LogP) is 11.7. The van der Waals surface area contributed by atoms with Crippen LogP contribution in [0.4, 0.5) is 0 Å². The Morgan fingerprint density at radius 3 is 1.72 bits per heavy atom. The van der Waals surface area contributed by atoms with E-state index < -0.39 is 78.2 Å². The van der Waals surface area contributed by atoms with Gasteiger partial charge in [-0.15, -0.1) is 0 Å². The summed E-state index contributed by atoms with van der Waals surface area (Å²) < 4.78 is 111. The average Bonchev–Trinajstić information content (AvgIpc) is 3.92. The second-order valence-electron chi connectivity index (χ2n) is 13.6. The Labute approximate surface area is 323 Å². The lowest BCUT2D eigenvalue weighted by Gasteiger charge is -2.21. The molecular formula is C48H33N5. The molecule has 11 rings (SSSR count). The van der Waals surface area contributed by atoms with Gasteiger partial charge in [0.1, 0.15) is 0 Å². The minimum absolute atomic E-state index is 0.152. The van der Waals surface area contributed by atoms with Crippen molar-refractivity contribution in [2.24, 2.45) is 0 Å². The number of rotatable bonds is 4. The highest BCUT2D eigenvalue weighted by atomic mass is 15.2. The minimum Gasteiger partial charge on any atom is -0.309 e. The van der Waals surface area contributed by atoms with E-state index in [1.165, 1.54) is 5.56 Å². The van der Waals surface area contributed by atoms with Crippen LogP contribution in [0.25, 0.3) is 89.2 Å². The molecule has 1 aliphatic carbocycles. The van der Waals surface area contributed by atoms with Crippen LogP contribution in [0.15, 0.2) is 164 Å². The summed E-state index contributed by atoms with van der Waals surface area (Å²) in [7, 11) is 0. The third-order valence-corrected chi connectivity index (χ3v) is 10.3. The normalized spacial score (nSPS) is 16.4. The Bertz CT molecular complexity index is 3640. The molecule has 53 heavy (non-hydrogen) atoms. The molecule has 3 aromatic heterocycles. The summed E-state index contributed by atoms with van der Waals surface area (Å²) >= 11 is 0. The molecule has 5 heteroatoms. The van der Waals surface area contributed by atoms with Gasteiger partial charge < -0.3 is 4.57 Å². The zero-order valence-electron chi connectivity index (χ0n) is 40.4. The molecule has 5 nitrogen and oxygen atoms in total. The molecule has 0 unspecified atom stereocenters. The molecular weight excluding hydrogens is 647 g/mol. The van der Waals surface area contributed by atoms with Crippen LogP contribution in [0.1, 0.15) is 41.4 Å². The lowest BCUT2D eigenvalue weighted by molar-refractivity contribution is 0.660. The van der Waals surface area contributed by atoms with Crippen molar-refractivity contribution in [3.8, 4) is 45.5 Å². The quantitative estimate of drug-likeness (QED) is 0.185. The molecule has 0 spiro atoms. The van der Waals surface area contributed by atoms with E-state index in [-0.39, 0.29) is 50.4 Å². The monoisotopic (exact) mass is 691 g/mol. The molecule has 3 heterocycles. The molecule has 10 aromatic rings. The largest absolute Gasteiger partial charge is 0.309 e. The predicted molar refractivity (Wildman–Crippen MR) is 217 cm³/mol. The van der Waals surface area contributed by atoms with E-state index >= 15 is 0 Å². The smallest absolute Gasteiger partial charge is 0.238 e. The minimum atomic E-state index is -0.678. The van der Waals surface area contributed by atoms with Crippen molar-refractivity contribution < 1.29 is 16.4 Å². The van der Waals surface area contributed by atoms with Gasteiger partial charge in [-0.2, -0.15) is 9.97 Å². The summed E-state index contributed by atoms with van der Waals surface area (Å²) in [5.74, 6) is 0.175. The number of para-hydroxylation sites is 4. The molecule has 250 valence electrons. The van der Waals surface area contributed by atoms with Crippen LogP contribution in [0, 0.1) is 0 Å². The van der Waals surface area contributed by atoms with Crippen LogP contribution in [0.2, 0.25) is 0 Å². The number of hydrogen-bond acceptors (Lipinski definition) is 3. The van der Waals surface area contributed by atoms with Gasteiger partial charge in [-0.25, -0.2) is 4.98 Å². The number of aromatic nitrogens is 5. The second kappa shape index (κ2) is 11.1. The third kappa shape index (κ3) is 4.34. The van der Waals surface area contributed by atoms with Crippen LogP contribution < -0.4 is 0 Å². The highest BCUT2D eigenvalue weighted by Crippen LogP contribution is 2.49. The second-order valence-corrected chi connectivity index (χ2v) is 13.6. The van der Waals surface area contributed by atoms with E-state index in [4.69, 9.17) is 25.9 Å². The third-order valence-electron chi connectivity index (χ3n) is 10.3. The fraction of sp³-hybridized carbons (Fsp3) is 0.0625. The fourth-order valence-electron chi connectivity index (χ4n) is 7.88. The molecule has 0 fully saturated rings. The van der Waals surface area contributed by atoms with Crippen molar-refractivity contribution >= 4 is 43.6 Å². The van der Waals surface area contributed by atoms with Crippen molar-refractivity contribution in [2.75, 3.05) is 0 Å². The number of fused-ring (bicyclic) bond motifs is 9. The van der Waals surface area contributed by atoms with E-state index in [0.717, 1.165) is 43.1 Å². The van der Waals surface area contributed by atoms with Crippen LogP contribution in [0.3, 0.4) is 0 Å². The van der Waals surface area contributed by atoms with Crippen molar-refractivity contribution in [2.45, 2.75) is 19.3 Å². The first kappa shape index (κ1) is 20.3. The Kier molecular flexibility index (Phi) is 4.23. The van der Waals surface area contributed by atoms with Gasteiger partial charge in [0.15, 0.2) is 11.6 Å². The summed E-state index contributed by atoms with van der Waals surface area (Å²) in [5, 5.41) is 1.35. The maximum Gasteiger partial charge on any atom is 0.238 e. The van der Waals surface area contributed by atoms with Gasteiger partial charge in [0.25, 0.3) is 0 Å². The first-order valence-electron chi connectivity index (χ1n) is 23.2. The van der Waals surface area contributed by atoms with Crippen LogP contribution in [-0.4, -0.2) is 24.1 Å². The summed E-state index contributed by atoms with van der Waals surface area (Å²) in [6, 6.07) is 22.1. The highest BCUT2D eigenvalue weighted by molar-refractivity contribution is 6.10. The Balaban J connectivity index is 1.22. The molecule has 0 aliphatic heterocycles.